The van der Waals surface area contributed by atoms with Crippen LogP contribution >= 0.6 is 0 Å². The van der Waals surface area contributed by atoms with Gasteiger partial charge in [-0.25, -0.2) is 9.59 Å². The van der Waals surface area contributed by atoms with Crippen molar-refractivity contribution in [1.82, 2.24) is 0 Å². The molecule has 4 aromatic rings. The predicted octanol–water partition coefficient (Wildman–Crippen LogP) is 5.90. The maximum Gasteiger partial charge on any atom is 0.343 e. The van der Waals surface area contributed by atoms with Crippen molar-refractivity contribution in [3.05, 3.63) is 107 Å². The smallest absolute Gasteiger partial charge is 0.343 e. The summed E-state index contributed by atoms with van der Waals surface area (Å²) >= 11 is 0. The summed E-state index contributed by atoms with van der Waals surface area (Å²) in [4.78, 5) is 24.8. The molecule has 0 atom stereocenters. The molecule has 30 heavy (non-hydrogen) atoms. The van der Waals surface area contributed by atoms with Crippen LogP contribution in [0.4, 0.5) is 0 Å². The van der Waals surface area contributed by atoms with Gasteiger partial charge < -0.3 is 9.47 Å². The van der Waals surface area contributed by atoms with Gasteiger partial charge in [0.2, 0.25) is 0 Å². The Hall–Kier alpha value is -3.92. The molecular weight excluding hydrogens is 376 g/mol. The van der Waals surface area contributed by atoms with Gasteiger partial charge in [0.1, 0.15) is 11.5 Å². The molecule has 4 heteroatoms. The summed E-state index contributed by atoms with van der Waals surface area (Å²) in [5.41, 5.74) is 2.92. The average Bonchev–Trinajstić information content (AvgIpc) is 2.75. The molecule has 0 saturated carbocycles. The van der Waals surface area contributed by atoms with Crippen LogP contribution in [-0.4, -0.2) is 11.9 Å². The van der Waals surface area contributed by atoms with E-state index < -0.39 is 11.9 Å². The van der Waals surface area contributed by atoms with Crippen LogP contribution in [-0.2, 0) is 0 Å². The zero-order valence-electron chi connectivity index (χ0n) is 16.7. The quantitative estimate of drug-likeness (QED) is 0.319. The number of ether oxygens (including phenoxy) is 2. The molecule has 0 saturated heterocycles. The zero-order chi connectivity index (χ0) is 21.1. The molecule has 0 aliphatic rings. The fourth-order valence-corrected chi connectivity index (χ4v) is 3.10. The highest BCUT2D eigenvalue weighted by Gasteiger charge is 2.12. The van der Waals surface area contributed by atoms with Gasteiger partial charge in [-0.1, -0.05) is 48.0 Å². The van der Waals surface area contributed by atoms with Crippen molar-refractivity contribution in [3.63, 3.8) is 0 Å². The van der Waals surface area contributed by atoms with E-state index in [0.717, 1.165) is 21.9 Å². The van der Waals surface area contributed by atoms with Crippen molar-refractivity contribution >= 4 is 22.7 Å². The first kappa shape index (κ1) is 19.4. The minimum absolute atomic E-state index is 0.409. The summed E-state index contributed by atoms with van der Waals surface area (Å²) in [7, 11) is 0. The van der Waals surface area contributed by atoms with Gasteiger partial charge in [-0.3, -0.25) is 0 Å². The van der Waals surface area contributed by atoms with E-state index in [0.29, 0.717) is 22.6 Å². The molecular formula is C26H20O4. The SMILES string of the molecule is Cc1ccc(C(=O)Oc2ccc3cc(C(=O)Oc4ccccc4C)ccc3c2)cc1. The van der Waals surface area contributed by atoms with Crippen LogP contribution in [0.25, 0.3) is 10.8 Å². The van der Waals surface area contributed by atoms with Crippen molar-refractivity contribution in [2.45, 2.75) is 13.8 Å². The molecule has 4 rings (SSSR count). The Kier molecular flexibility index (Phi) is 5.31. The molecule has 0 unspecified atom stereocenters. The number of rotatable bonds is 4. The largest absolute Gasteiger partial charge is 0.423 e. The Labute approximate surface area is 174 Å². The van der Waals surface area contributed by atoms with E-state index in [9.17, 15) is 9.59 Å². The molecule has 4 aromatic carbocycles. The van der Waals surface area contributed by atoms with Crippen LogP contribution in [0.2, 0.25) is 0 Å². The van der Waals surface area contributed by atoms with E-state index in [1.807, 2.05) is 56.3 Å². The van der Waals surface area contributed by atoms with Crippen molar-refractivity contribution in [3.8, 4) is 11.5 Å². The Balaban J connectivity index is 1.52. The minimum atomic E-state index is -0.416. The third-order valence-corrected chi connectivity index (χ3v) is 4.84. The van der Waals surface area contributed by atoms with E-state index in [1.54, 1.807) is 42.5 Å². The van der Waals surface area contributed by atoms with Crippen molar-refractivity contribution < 1.29 is 19.1 Å². The van der Waals surface area contributed by atoms with Gasteiger partial charge in [0.25, 0.3) is 0 Å². The van der Waals surface area contributed by atoms with Gasteiger partial charge in [-0.05, 0) is 72.6 Å². The van der Waals surface area contributed by atoms with Crippen molar-refractivity contribution in [2.24, 2.45) is 0 Å². The second-order valence-corrected chi connectivity index (χ2v) is 7.13. The molecule has 0 heterocycles. The summed E-state index contributed by atoms with van der Waals surface area (Å²) in [6.07, 6.45) is 0. The molecule has 0 radical (unpaired) electrons. The number of esters is 2. The first-order valence-electron chi connectivity index (χ1n) is 9.60. The number of carbonyl (C=O) groups is 2. The summed E-state index contributed by atoms with van der Waals surface area (Å²) in [5.74, 6) is 0.165. The standard InChI is InChI=1S/C26H20O4/c1-17-7-9-19(10-8-17)25(27)29-23-14-13-20-15-22(12-11-21(20)16-23)26(28)30-24-6-4-3-5-18(24)2/h3-16H,1-2H3. The predicted molar refractivity (Wildman–Crippen MR) is 116 cm³/mol. The molecule has 148 valence electrons. The summed E-state index contributed by atoms with van der Waals surface area (Å²) in [5, 5.41) is 1.71. The summed E-state index contributed by atoms with van der Waals surface area (Å²) in [6, 6.07) is 25.2. The number of fused-ring (bicyclic) bond motifs is 1. The van der Waals surface area contributed by atoms with E-state index in [-0.39, 0.29) is 0 Å². The van der Waals surface area contributed by atoms with Crippen molar-refractivity contribution in [2.75, 3.05) is 0 Å². The van der Waals surface area contributed by atoms with Crippen LogP contribution in [0.3, 0.4) is 0 Å². The summed E-state index contributed by atoms with van der Waals surface area (Å²) < 4.78 is 11.0. The topological polar surface area (TPSA) is 52.6 Å². The molecule has 0 N–H and O–H groups in total. The lowest BCUT2D eigenvalue weighted by Gasteiger charge is -2.09. The molecule has 4 nitrogen and oxygen atoms in total. The normalized spacial score (nSPS) is 10.6. The monoisotopic (exact) mass is 396 g/mol. The van der Waals surface area contributed by atoms with Crippen LogP contribution in [0.1, 0.15) is 31.8 Å². The molecule has 0 fully saturated rings. The number of aryl methyl sites for hydroxylation is 2. The summed E-state index contributed by atoms with van der Waals surface area (Å²) in [6.45, 7) is 3.85. The second kappa shape index (κ2) is 8.21. The van der Waals surface area contributed by atoms with Crippen molar-refractivity contribution in [1.29, 1.82) is 0 Å². The molecule has 0 aromatic heterocycles. The highest BCUT2D eigenvalue weighted by Crippen LogP contribution is 2.24. The lowest BCUT2D eigenvalue weighted by atomic mass is 10.1. The van der Waals surface area contributed by atoms with Gasteiger partial charge in [0.15, 0.2) is 0 Å². The Morgan fingerprint density at radius 3 is 2.03 bits per heavy atom. The van der Waals surface area contributed by atoms with Gasteiger partial charge in [0, 0.05) is 0 Å². The molecule has 0 bridgehead atoms. The number of para-hydroxylation sites is 1. The lowest BCUT2D eigenvalue weighted by molar-refractivity contribution is 0.0725. The zero-order valence-corrected chi connectivity index (χ0v) is 16.7. The maximum atomic E-state index is 12.5. The second-order valence-electron chi connectivity index (χ2n) is 7.13. The maximum absolute atomic E-state index is 12.5. The Morgan fingerprint density at radius 2 is 1.27 bits per heavy atom. The Morgan fingerprint density at radius 1 is 0.633 bits per heavy atom. The van der Waals surface area contributed by atoms with Gasteiger partial charge in [-0.15, -0.1) is 0 Å². The highest BCUT2D eigenvalue weighted by molar-refractivity contribution is 5.97. The first-order valence-corrected chi connectivity index (χ1v) is 9.60. The number of benzene rings is 4. The Bertz CT molecular complexity index is 1240. The van der Waals surface area contributed by atoms with E-state index >= 15 is 0 Å². The number of hydrogen-bond acceptors (Lipinski definition) is 4. The van der Waals surface area contributed by atoms with E-state index in [1.165, 1.54) is 0 Å². The molecule has 0 aliphatic carbocycles. The molecule has 0 amide bonds. The first-order chi connectivity index (χ1) is 14.5. The van der Waals surface area contributed by atoms with Crippen LogP contribution < -0.4 is 9.47 Å². The highest BCUT2D eigenvalue weighted by atomic mass is 16.5. The van der Waals surface area contributed by atoms with Crippen LogP contribution in [0, 0.1) is 13.8 Å². The fraction of sp³-hybridized carbons (Fsp3) is 0.0769. The number of hydrogen-bond donors (Lipinski definition) is 0. The number of carbonyl (C=O) groups excluding carboxylic acids is 2. The third kappa shape index (κ3) is 4.23. The molecule has 0 aliphatic heterocycles. The average molecular weight is 396 g/mol. The van der Waals surface area contributed by atoms with Crippen LogP contribution in [0.15, 0.2) is 84.9 Å². The third-order valence-electron chi connectivity index (χ3n) is 4.84. The lowest BCUT2D eigenvalue weighted by Crippen LogP contribution is -2.09. The molecule has 0 spiro atoms. The van der Waals surface area contributed by atoms with Gasteiger partial charge in [0.05, 0.1) is 11.1 Å². The van der Waals surface area contributed by atoms with Crippen LogP contribution in [0.5, 0.6) is 11.5 Å². The fourth-order valence-electron chi connectivity index (χ4n) is 3.10. The van der Waals surface area contributed by atoms with E-state index in [4.69, 9.17) is 9.47 Å². The minimum Gasteiger partial charge on any atom is -0.423 e. The van der Waals surface area contributed by atoms with Gasteiger partial charge in [-0.2, -0.15) is 0 Å². The van der Waals surface area contributed by atoms with Gasteiger partial charge >= 0.3 is 11.9 Å². The van der Waals surface area contributed by atoms with E-state index in [2.05, 4.69) is 0 Å².